The molecule has 0 aliphatic carbocycles. The maximum absolute atomic E-state index is 13.1. The molecule has 0 aromatic carbocycles. The molecular weight excluding hydrogens is 362 g/mol. The highest BCUT2D eigenvalue weighted by atomic mass is 32.2. The summed E-state index contributed by atoms with van der Waals surface area (Å²) in [6, 6.07) is 0. The number of hydrogen-bond donors (Lipinski definition) is 0. The molecule has 1 aliphatic rings. The molecule has 2 aromatic rings. The second-order valence-electron chi connectivity index (χ2n) is 7.03. The lowest BCUT2D eigenvalue weighted by Crippen LogP contribution is -2.33. The van der Waals surface area contributed by atoms with Crippen molar-refractivity contribution >= 4 is 28.7 Å². The van der Waals surface area contributed by atoms with Gasteiger partial charge in [0.25, 0.3) is 5.56 Å². The lowest BCUT2D eigenvalue weighted by atomic mass is 10.2. The Hall–Kier alpha value is -1.83. The van der Waals surface area contributed by atoms with Crippen molar-refractivity contribution in [3.63, 3.8) is 0 Å². The van der Waals surface area contributed by atoms with Gasteiger partial charge in [-0.3, -0.25) is 18.8 Å². The summed E-state index contributed by atoms with van der Waals surface area (Å²) < 4.78 is 3.43. The zero-order valence-corrected chi connectivity index (χ0v) is 17.3. The Morgan fingerprint density at radius 1 is 1.15 bits per heavy atom. The van der Waals surface area contributed by atoms with Gasteiger partial charge in [0.2, 0.25) is 5.91 Å². The van der Waals surface area contributed by atoms with Gasteiger partial charge < -0.3 is 4.90 Å². The van der Waals surface area contributed by atoms with Crippen LogP contribution in [0.4, 0.5) is 0 Å². The van der Waals surface area contributed by atoms with Gasteiger partial charge in [-0.25, -0.2) is 4.98 Å². The van der Waals surface area contributed by atoms with E-state index in [1.807, 2.05) is 25.7 Å². The Morgan fingerprint density at radius 3 is 2.48 bits per heavy atom. The largest absolute Gasteiger partial charge is 0.342 e. The first-order valence-corrected chi connectivity index (χ1v) is 10.9. The minimum absolute atomic E-state index is 0.0611. The summed E-state index contributed by atoms with van der Waals surface area (Å²) in [5, 5.41) is 5.07. The van der Waals surface area contributed by atoms with Crippen molar-refractivity contribution in [2.75, 3.05) is 18.8 Å². The Kier molecular flexibility index (Phi) is 6.57. The molecule has 0 spiro atoms. The second kappa shape index (κ2) is 8.91. The molecule has 1 saturated heterocycles. The number of rotatable bonds is 6. The van der Waals surface area contributed by atoms with Crippen LogP contribution in [0.25, 0.3) is 11.0 Å². The Balaban J connectivity index is 1.88. The van der Waals surface area contributed by atoms with Crippen LogP contribution >= 0.6 is 11.8 Å². The summed E-state index contributed by atoms with van der Waals surface area (Å²) in [4.78, 5) is 32.4. The molecule has 27 heavy (non-hydrogen) atoms. The lowest BCUT2D eigenvalue weighted by molar-refractivity contribution is -0.128. The van der Waals surface area contributed by atoms with Gasteiger partial charge in [0.1, 0.15) is 5.52 Å². The molecule has 0 radical (unpaired) electrons. The first kappa shape index (κ1) is 19.9. The quantitative estimate of drug-likeness (QED) is 0.559. The van der Waals surface area contributed by atoms with Crippen molar-refractivity contribution < 1.29 is 4.79 Å². The maximum Gasteiger partial charge on any atom is 0.280 e. The first-order valence-electron chi connectivity index (χ1n) is 9.95. The van der Waals surface area contributed by atoms with E-state index in [0.717, 1.165) is 38.0 Å². The molecule has 0 bridgehead atoms. The average Bonchev–Trinajstić information content (AvgIpc) is 2.84. The molecule has 1 amide bonds. The van der Waals surface area contributed by atoms with Gasteiger partial charge in [-0.15, -0.1) is 0 Å². The van der Waals surface area contributed by atoms with Crippen molar-refractivity contribution in [1.82, 2.24) is 24.2 Å². The van der Waals surface area contributed by atoms with Gasteiger partial charge in [-0.1, -0.05) is 31.5 Å². The lowest BCUT2D eigenvalue weighted by Gasteiger charge is -2.20. The molecule has 2 aromatic heterocycles. The number of likely N-dealkylation sites (tertiary alicyclic amines) is 1. The minimum atomic E-state index is -0.0611. The van der Waals surface area contributed by atoms with Crippen LogP contribution in [0.3, 0.4) is 0 Å². The van der Waals surface area contributed by atoms with Crippen molar-refractivity contribution in [2.24, 2.45) is 0 Å². The monoisotopic (exact) mass is 391 g/mol. The molecule has 0 saturated carbocycles. The van der Waals surface area contributed by atoms with E-state index < -0.39 is 0 Å². The van der Waals surface area contributed by atoms with Gasteiger partial charge in [-0.2, -0.15) is 5.10 Å². The van der Waals surface area contributed by atoms with Gasteiger partial charge in [0.05, 0.1) is 11.4 Å². The predicted octanol–water partition coefficient (Wildman–Crippen LogP) is 2.83. The van der Waals surface area contributed by atoms with Crippen LogP contribution in [0, 0.1) is 6.92 Å². The predicted molar refractivity (Wildman–Crippen MR) is 108 cm³/mol. The molecule has 1 fully saturated rings. The van der Waals surface area contributed by atoms with Crippen molar-refractivity contribution in [2.45, 2.75) is 71.1 Å². The van der Waals surface area contributed by atoms with Gasteiger partial charge in [0.15, 0.2) is 10.7 Å². The van der Waals surface area contributed by atoms with E-state index in [2.05, 4.69) is 5.10 Å². The zero-order chi connectivity index (χ0) is 19.4. The van der Waals surface area contributed by atoms with Crippen LogP contribution in [0.15, 0.2) is 9.95 Å². The highest BCUT2D eigenvalue weighted by molar-refractivity contribution is 7.99. The minimum Gasteiger partial charge on any atom is -0.342 e. The van der Waals surface area contributed by atoms with E-state index in [9.17, 15) is 9.59 Å². The smallest absolute Gasteiger partial charge is 0.280 e. The van der Waals surface area contributed by atoms with E-state index in [1.54, 1.807) is 9.25 Å². The molecule has 148 valence electrons. The van der Waals surface area contributed by atoms with Crippen LogP contribution in [0.2, 0.25) is 0 Å². The summed E-state index contributed by atoms with van der Waals surface area (Å²) in [6.07, 6.45) is 5.39. The molecule has 0 unspecified atom stereocenters. The van der Waals surface area contributed by atoms with Gasteiger partial charge >= 0.3 is 0 Å². The average molecular weight is 392 g/mol. The topological polar surface area (TPSA) is 73.0 Å². The highest BCUT2D eigenvalue weighted by Crippen LogP contribution is 2.21. The number of thioether (sulfide) groups is 1. The number of aryl methyl sites for hydroxylation is 2. The number of fused-ring (bicyclic) bond motifs is 1. The van der Waals surface area contributed by atoms with Crippen molar-refractivity contribution in [3.8, 4) is 0 Å². The van der Waals surface area contributed by atoms with E-state index in [1.165, 1.54) is 24.6 Å². The summed E-state index contributed by atoms with van der Waals surface area (Å²) in [7, 11) is 0. The summed E-state index contributed by atoms with van der Waals surface area (Å²) >= 11 is 1.37. The molecule has 8 heteroatoms. The SMILES string of the molecule is CCCn1c(SCC(=O)N2CCCCCC2)nc2c(C)nn(CC)c2c1=O. The van der Waals surface area contributed by atoms with Crippen molar-refractivity contribution in [1.29, 1.82) is 0 Å². The van der Waals surface area contributed by atoms with E-state index in [-0.39, 0.29) is 11.5 Å². The molecule has 3 rings (SSSR count). The van der Waals surface area contributed by atoms with Gasteiger partial charge in [-0.05, 0) is 33.1 Å². The second-order valence-corrected chi connectivity index (χ2v) is 7.98. The van der Waals surface area contributed by atoms with Crippen LogP contribution in [0.1, 0.15) is 51.6 Å². The fourth-order valence-corrected chi connectivity index (χ4v) is 4.51. The van der Waals surface area contributed by atoms with E-state index in [4.69, 9.17) is 4.98 Å². The summed E-state index contributed by atoms with van der Waals surface area (Å²) in [5.74, 6) is 0.461. The summed E-state index contributed by atoms with van der Waals surface area (Å²) in [5.41, 5.74) is 1.91. The number of amides is 1. The third-order valence-corrected chi connectivity index (χ3v) is 5.97. The number of nitrogens with zero attached hydrogens (tertiary/aromatic N) is 5. The van der Waals surface area contributed by atoms with Gasteiger partial charge in [0, 0.05) is 26.2 Å². The number of aromatic nitrogens is 4. The third-order valence-electron chi connectivity index (χ3n) is 5.01. The molecule has 3 heterocycles. The fraction of sp³-hybridized carbons (Fsp3) is 0.684. The first-order chi connectivity index (χ1) is 13.1. The molecule has 7 nitrogen and oxygen atoms in total. The van der Waals surface area contributed by atoms with E-state index >= 15 is 0 Å². The Bertz CT molecular complexity index is 865. The summed E-state index contributed by atoms with van der Waals surface area (Å²) in [6.45, 7) is 8.80. The van der Waals surface area contributed by atoms with Crippen molar-refractivity contribution in [3.05, 3.63) is 16.0 Å². The Morgan fingerprint density at radius 2 is 1.85 bits per heavy atom. The standard InChI is InChI=1S/C19H29N5O2S/c1-4-10-23-18(26)17-16(14(3)21-24(17)5-2)20-19(23)27-13-15(25)22-11-8-6-7-9-12-22/h4-13H2,1-3H3. The molecule has 1 aliphatic heterocycles. The normalized spacial score (nSPS) is 15.3. The molecule has 0 atom stereocenters. The fourth-order valence-electron chi connectivity index (χ4n) is 3.59. The van der Waals surface area contributed by atoms with Crippen LogP contribution in [-0.2, 0) is 17.9 Å². The third kappa shape index (κ3) is 4.20. The van der Waals surface area contributed by atoms with Crippen LogP contribution < -0.4 is 5.56 Å². The number of carbonyl (C=O) groups excluding carboxylic acids is 1. The molecular formula is C19H29N5O2S. The Labute approximate surface area is 164 Å². The van der Waals surface area contributed by atoms with E-state index in [0.29, 0.717) is 35.0 Å². The van der Waals surface area contributed by atoms with Crippen LogP contribution in [-0.4, -0.2) is 49.0 Å². The zero-order valence-electron chi connectivity index (χ0n) is 16.5. The van der Waals surface area contributed by atoms with Crippen LogP contribution in [0.5, 0.6) is 0 Å². The maximum atomic E-state index is 13.1. The molecule has 0 N–H and O–H groups in total. The highest BCUT2D eigenvalue weighted by Gasteiger charge is 2.20. The number of hydrogen-bond acceptors (Lipinski definition) is 5. The number of carbonyl (C=O) groups is 1.